The largest absolute Gasteiger partial charge is 0.553 e. The third-order valence-electron chi connectivity index (χ3n) is 26.9. The van der Waals surface area contributed by atoms with E-state index in [2.05, 4.69) is 193 Å². The number of aliphatic hydroxyl groups is 4. The van der Waals surface area contributed by atoms with Gasteiger partial charge < -0.3 is 30.3 Å². The molecule has 8 aromatic rings. The van der Waals surface area contributed by atoms with E-state index in [0.29, 0.717) is 18.6 Å². The molecule has 12 aliphatic heterocycles. The SMILES string of the molecule is CCC1=C(CC)C2=[N+]3C1=c1c4c(cc5cc(O)cc(OC)c15)C(CC)(CC)C1=Cc5c(C)c(CCO)c6n5C3(n3c(c(C)c(CCO)c3=C6)=C2)[N+]=41.CCC1=C(CC)C2=[N+]3C1=c1c4c(cc5ccccc15)C(CC)(CC)C1=Cc5c(C)c(CCCO)c6n5C3(n3c(c(C)c(CCCO)c3=C6)=C2)[N+]=41. The number of phenols is 1. The van der Waals surface area contributed by atoms with Crippen LogP contribution in [0.4, 0.5) is 0 Å². The lowest BCUT2D eigenvalue weighted by molar-refractivity contribution is -0.589. The first-order valence-electron chi connectivity index (χ1n) is 38.0. The lowest BCUT2D eigenvalue weighted by Gasteiger charge is -2.39. The minimum atomic E-state index is -0.854. The van der Waals surface area contributed by atoms with Crippen molar-refractivity contribution in [3.05, 3.63) is 203 Å². The Morgan fingerprint density at radius 2 is 0.891 bits per heavy atom. The Kier molecular flexibility index (Phi) is 13.3. The Morgan fingerprint density at radius 1 is 0.436 bits per heavy atom. The molecule has 0 amide bonds. The molecule has 0 saturated carbocycles. The van der Waals surface area contributed by atoms with Crippen LogP contribution in [0, 0.1) is 27.7 Å². The fourth-order valence-corrected chi connectivity index (χ4v) is 22.7. The number of allylic oxidation sites excluding steroid dienone is 4. The molecule has 0 radical (unpaired) electrons. The van der Waals surface area contributed by atoms with Gasteiger partial charge in [0.05, 0.1) is 62.1 Å². The van der Waals surface area contributed by atoms with Gasteiger partial charge in [-0.3, -0.25) is 0 Å². The summed E-state index contributed by atoms with van der Waals surface area (Å²) in [6.07, 6.45) is 26.6. The smallest absolute Gasteiger partial charge is 0.508 e. The molecule has 20 rings (SSSR count). The highest BCUT2D eigenvalue weighted by Crippen LogP contribution is 2.56. The number of aromatic hydroxyl groups is 1. The number of ether oxygens (including phenoxy) is 1. The zero-order chi connectivity index (χ0) is 69.9. The Balaban J connectivity index is 0.000000140. The van der Waals surface area contributed by atoms with Crippen LogP contribution in [0.5, 0.6) is 11.5 Å². The molecule has 2 spiro atoms. The number of methoxy groups -OCH3 is 1. The molecule has 2 atom stereocenters. The van der Waals surface area contributed by atoms with Crippen LogP contribution < -0.4 is 56.4 Å². The minimum Gasteiger partial charge on any atom is -0.508 e. The molecule has 5 N–H and O–H groups in total. The molecule has 514 valence electrons. The Hall–Kier alpha value is -8.92. The molecule has 14 heteroatoms. The van der Waals surface area contributed by atoms with Gasteiger partial charge in [0.1, 0.15) is 21.9 Å². The van der Waals surface area contributed by atoms with Crippen LogP contribution in [-0.2, 0) is 48.3 Å². The second-order valence-electron chi connectivity index (χ2n) is 30.3. The van der Waals surface area contributed by atoms with Crippen molar-refractivity contribution in [3.63, 3.8) is 0 Å². The van der Waals surface area contributed by atoms with E-state index in [1.54, 1.807) is 13.2 Å². The number of rotatable bonds is 19. The summed E-state index contributed by atoms with van der Waals surface area (Å²) in [6.45, 7) is 28.3. The molecule has 0 fully saturated rings. The van der Waals surface area contributed by atoms with Gasteiger partial charge in [-0.15, -0.1) is 0 Å². The van der Waals surface area contributed by atoms with E-state index >= 15 is 0 Å². The number of benzene rings is 4. The molecule has 0 saturated heterocycles. The number of phenolic OH excluding ortho intramolecular Hbond substituents is 1. The van der Waals surface area contributed by atoms with E-state index in [0.717, 1.165) is 98.9 Å². The monoisotopic (exact) mass is 1350 g/mol. The van der Waals surface area contributed by atoms with Gasteiger partial charge in [-0.2, -0.15) is 18.3 Å². The van der Waals surface area contributed by atoms with E-state index in [-0.39, 0.29) is 43.0 Å². The Labute approximate surface area is 588 Å². The lowest BCUT2D eigenvalue weighted by Crippen LogP contribution is -2.74. The van der Waals surface area contributed by atoms with Gasteiger partial charge in [-0.25, -0.2) is 0 Å². The first-order valence-corrected chi connectivity index (χ1v) is 38.0. The van der Waals surface area contributed by atoms with Gasteiger partial charge in [0.15, 0.2) is 0 Å². The van der Waals surface area contributed by atoms with Crippen molar-refractivity contribution in [2.24, 2.45) is 0 Å². The highest BCUT2D eigenvalue weighted by Gasteiger charge is 2.77. The van der Waals surface area contributed by atoms with E-state index in [4.69, 9.17) is 4.74 Å². The van der Waals surface area contributed by atoms with Gasteiger partial charge in [0.25, 0.3) is 0 Å². The third-order valence-corrected chi connectivity index (χ3v) is 26.9. The highest BCUT2D eigenvalue weighted by molar-refractivity contribution is 6.23. The van der Waals surface area contributed by atoms with Crippen molar-refractivity contribution in [1.82, 2.24) is 27.4 Å². The Morgan fingerprint density at radius 3 is 1.38 bits per heavy atom. The van der Waals surface area contributed by atoms with Gasteiger partial charge in [-0.05, 0) is 203 Å². The maximum atomic E-state index is 11.0. The quantitative estimate of drug-likeness (QED) is 0.0532. The number of aliphatic hydroxyl groups excluding tert-OH is 4. The summed E-state index contributed by atoms with van der Waals surface area (Å²) < 4.78 is 27.6. The van der Waals surface area contributed by atoms with Crippen LogP contribution in [0.1, 0.15) is 198 Å². The summed E-state index contributed by atoms with van der Waals surface area (Å²) >= 11 is 0. The predicted octanol–water partition coefficient (Wildman–Crippen LogP) is 7.50. The molecule has 4 aromatic heterocycles. The Bertz CT molecular complexity index is 6110. The summed E-state index contributed by atoms with van der Waals surface area (Å²) in [5, 5.41) is 66.9. The molecule has 12 aliphatic rings. The van der Waals surface area contributed by atoms with Crippen LogP contribution in [-0.4, -0.2) is 97.9 Å². The minimum absolute atomic E-state index is 0.0694. The second-order valence-corrected chi connectivity index (χ2v) is 30.3. The lowest BCUT2D eigenvalue weighted by atomic mass is 9.73. The van der Waals surface area contributed by atoms with E-state index in [9.17, 15) is 25.5 Å². The van der Waals surface area contributed by atoms with E-state index in [1.165, 1.54) is 177 Å². The van der Waals surface area contributed by atoms with E-state index < -0.39 is 11.8 Å². The maximum absolute atomic E-state index is 11.0. The number of hydrogen-bond acceptors (Lipinski definition) is 6. The van der Waals surface area contributed by atoms with Gasteiger partial charge in [0, 0.05) is 101 Å². The highest BCUT2D eigenvalue weighted by atomic mass is 16.5. The first kappa shape index (κ1) is 63.0. The summed E-state index contributed by atoms with van der Waals surface area (Å²) in [6, 6.07) is 17.7. The van der Waals surface area contributed by atoms with Gasteiger partial charge >= 0.3 is 11.8 Å². The van der Waals surface area contributed by atoms with Crippen molar-refractivity contribution < 1.29 is 39.4 Å². The van der Waals surface area contributed by atoms with Gasteiger partial charge in [0.2, 0.25) is 44.9 Å². The summed E-state index contributed by atoms with van der Waals surface area (Å²) in [4.78, 5) is 0. The van der Waals surface area contributed by atoms with Crippen molar-refractivity contribution in [2.75, 3.05) is 33.5 Å². The van der Waals surface area contributed by atoms with Crippen molar-refractivity contribution in [2.45, 2.75) is 196 Å². The number of fused-ring (bicyclic) bond motifs is 4. The first-order chi connectivity index (χ1) is 49.1. The van der Waals surface area contributed by atoms with Crippen molar-refractivity contribution in [1.29, 1.82) is 0 Å². The molecule has 0 bridgehead atoms. The molecular formula is C87H94N8O6+4. The zero-order valence-corrected chi connectivity index (χ0v) is 61.0. The van der Waals surface area contributed by atoms with Gasteiger partial charge in [-0.1, -0.05) is 98.0 Å². The van der Waals surface area contributed by atoms with Crippen LogP contribution in [0.2, 0.25) is 0 Å². The average Bonchev–Trinajstić information content (AvgIpc) is 1.47. The molecule has 16 heterocycles. The van der Waals surface area contributed by atoms with Crippen LogP contribution in [0.25, 0.3) is 69.4 Å². The predicted molar refractivity (Wildman–Crippen MR) is 401 cm³/mol. The normalized spacial score (nSPS) is 20.7. The zero-order valence-electron chi connectivity index (χ0n) is 61.0. The average molecular weight is 1350 g/mol. The summed E-state index contributed by atoms with van der Waals surface area (Å²) in [7, 11) is 1.71. The topological polar surface area (TPSA) is 142 Å². The molecule has 2 unspecified atom stereocenters. The number of nitrogens with zero attached hydrogens (tertiary/aromatic N) is 8. The fraction of sp³-hybridized carbons (Fsp3) is 0.402. The number of aromatic nitrogens is 4. The van der Waals surface area contributed by atoms with Crippen molar-refractivity contribution >= 4 is 80.8 Å². The fourth-order valence-electron chi connectivity index (χ4n) is 22.7. The number of hydrogen-bond donors (Lipinski definition) is 5. The maximum Gasteiger partial charge on any atom is 0.553 e. The van der Waals surface area contributed by atoms with E-state index in [1.807, 2.05) is 6.07 Å². The third kappa shape index (κ3) is 6.80. The molecule has 14 nitrogen and oxygen atoms in total. The van der Waals surface area contributed by atoms with Crippen LogP contribution in [0.3, 0.4) is 0 Å². The standard InChI is InChI=1S/C44H48N4O2.C43H45N4O4/c1-7-28-29(8-2)41-40-32-16-12-11-15-27(32)21-33-42(40)48-39(43(33,9-3)10-4)24-35-26(6)31(18-14-20-50)38-23-37-30(17-13-19-49)25(5)34-22-36(28)47(41)44(48,45(34)37)46(35)38;1-8-26-27(9-2)40-39-38-24(16-25(50)18-36(38)51-7)17-30-41(39)47-37(42(30,10-3)11-4)21-32-23(6)29(13-15-49)35-20-34-28(12-14-48)22(5)31-19-33(26)46(40)43(47,44(31)34)45(32)35/h11-12,15-16,21-24,49-50H,7-10,13-14,17-20H2,1-6H3;16-21,48-49H,8-15H2,1-7H3/q+2;+1/p+1. The molecule has 101 heavy (non-hydrogen) atoms. The second kappa shape index (κ2) is 21.3. The van der Waals surface area contributed by atoms with Crippen molar-refractivity contribution in [3.8, 4) is 11.5 Å². The van der Waals surface area contributed by atoms with Crippen LogP contribution in [0.15, 0.2) is 82.2 Å². The molecule has 4 aromatic carbocycles. The summed E-state index contributed by atoms with van der Waals surface area (Å²) in [5.41, 5.74) is 30.8. The summed E-state index contributed by atoms with van der Waals surface area (Å²) in [5.74, 6) is -0.697. The van der Waals surface area contributed by atoms with Crippen LogP contribution >= 0.6 is 0 Å². The molecular weight excluding hydrogens is 1250 g/mol. The molecule has 0 aliphatic carbocycles.